The molecule has 0 N–H and O–H groups in total. The maximum absolute atomic E-state index is 12.9. The molecule has 0 spiro atoms. The second kappa shape index (κ2) is 67.4. The molecular weight excluding hydrogens is 973 g/mol. The highest BCUT2D eigenvalue weighted by atomic mass is 16.6. The van der Waals surface area contributed by atoms with Crippen molar-refractivity contribution in [3.8, 4) is 0 Å². The van der Waals surface area contributed by atoms with E-state index in [9.17, 15) is 14.4 Å². The van der Waals surface area contributed by atoms with Gasteiger partial charge in [0.15, 0.2) is 6.10 Å². The number of carbonyl (C=O) groups excluding carboxylic acids is 3. The lowest BCUT2D eigenvalue weighted by Gasteiger charge is -2.18. The third-order valence-electron chi connectivity index (χ3n) is 15.2. The van der Waals surface area contributed by atoms with Crippen LogP contribution in [0.1, 0.15) is 355 Å². The van der Waals surface area contributed by atoms with Gasteiger partial charge in [-0.2, -0.15) is 0 Å². The number of carbonyl (C=O) groups is 3. The van der Waals surface area contributed by atoms with Crippen molar-refractivity contribution < 1.29 is 28.6 Å². The summed E-state index contributed by atoms with van der Waals surface area (Å²) in [6, 6.07) is 0. The molecule has 0 aliphatic carbocycles. The van der Waals surface area contributed by atoms with Gasteiger partial charge >= 0.3 is 17.9 Å². The molecule has 1 unspecified atom stereocenters. The van der Waals surface area contributed by atoms with Crippen LogP contribution in [0.15, 0.2) is 72.9 Å². The van der Waals surface area contributed by atoms with Crippen LogP contribution in [-0.4, -0.2) is 37.2 Å². The molecule has 0 aromatic carbocycles. The van der Waals surface area contributed by atoms with Gasteiger partial charge in [-0.3, -0.25) is 14.4 Å². The molecule has 6 heteroatoms. The zero-order valence-electron chi connectivity index (χ0n) is 52.6. The SMILES string of the molecule is CCCCC/C=C\C/C=C\C/C=C\CCCCCCCCC(=O)OC(COC(=O)CCCCCCCCC/C=C\C/C=C\CCCCC)COC(=O)CCCCCCCCCCCCCCC/C=C\CCCCCCCCCC. The minimum Gasteiger partial charge on any atom is -0.462 e. The molecule has 0 saturated carbocycles. The first-order valence-corrected chi connectivity index (χ1v) is 34.4. The van der Waals surface area contributed by atoms with Gasteiger partial charge in [-0.25, -0.2) is 0 Å². The lowest BCUT2D eigenvalue weighted by molar-refractivity contribution is -0.167. The van der Waals surface area contributed by atoms with Crippen LogP contribution in [-0.2, 0) is 28.6 Å². The molecule has 6 nitrogen and oxygen atoms in total. The standard InChI is InChI=1S/C73H130O6/c1-4-7-10-13-16-19-22-25-28-31-33-34-35-36-37-38-40-42-45-48-51-54-57-60-63-66-72(75)78-69-70(68-77-71(74)65-62-59-56-53-50-47-44-41-30-27-24-21-18-15-12-9-6-3)79-73(76)67-64-61-58-55-52-49-46-43-39-32-29-26-23-20-17-14-11-8-5-2/h17-18,20-21,26-27,29-31,33,39,43,70H,4-16,19,22-25,28,32,34-38,40-42,44-69H2,1-3H3/b20-17-,21-18-,29-26-,30-27-,33-31-,43-39-. The molecule has 0 radical (unpaired) electrons. The normalized spacial score (nSPS) is 12.5. The van der Waals surface area contributed by atoms with E-state index < -0.39 is 6.10 Å². The second-order valence-electron chi connectivity index (χ2n) is 23.1. The molecular formula is C73H130O6. The summed E-state index contributed by atoms with van der Waals surface area (Å²) in [5.74, 6) is -0.884. The van der Waals surface area contributed by atoms with E-state index >= 15 is 0 Å². The Morgan fingerprint density at radius 1 is 0.253 bits per heavy atom. The topological polar surface area (TPSA) is 78.9 Å². The molecule has 0 aliphatic rings. The zero-order valence-corrected chi connectivity index (χ0v) is 52.6. The summed E-state index contributed by atoms with van der Waals surface area (Å²) in [6.07, 6.45) is 87.7. The fraction of sp³-hybridized carbons (Fsp3) is 0.795. The fourth-order valence-corrected chi connectivity index (χ4v) is 9.95. The van der Waals surface area contributed by atoms with Crippen LogP contribution in [0.3, 0.4) is 0 Å². The van der Waals surface area contributed by atoms with Crippen molar-refractivity contribution >= 4 is 17.9 Å². The van der Waals surface area contributed by atoms with Crippen molar-refractivity contribution in [2.75, 3.05) is 13.2 Å². The van der Waals surface area contributed by atoms with E-state index in [2.05, 4.69) is 93.7 Å². The molecule has 0 saturated heterocycles. The minimum absolute atomic E-state index is 0.0815. The monoisotopic (exact) mass is 1100 g/mol. The Morgan fingerprint density at radius 2 is 0.456 bits per heavy atom. The van der Waals surface area contributed by atoms with Gasteiger partial charge in [0.2, 0.25) is 0 Å². The quantitative estimate of drug-likeness (QED) is 0.0261. The van der Waals surface area contributed by atoms with E-state index in [0.29, 0.717) is 19.3 Å². The van der Waals surface area contributed by atoms with Crippen LogP contribution in [0.4, 0.5) is 0 Å². The highest BCUT2D eigenvalue weighted by molar-refractivity contribution is 5.71. The van der Waals surface area contributed by atoms with Crippen molar-refractivity contribution in [3.05, 3.63) is 72.9 Å². The molecule has 79 heavy (non-hydrogen) atoms. The van der Waals surface area contributed by atoms with E-state index in [1.54, 1.807) is 0 Å². The summed E-state index contributed by atoms with van der Waals surface area (Å²) < 4.78 is 17.0. The largest absolute Gasteiger partial charge is 0.462 e. The predicted octanol–water partition coefficient (Wildman–Crippen LogP) is 23.7. The summed E-state index contributed by atoms with van der Waals surface area (Å²) in [7, 11) is 0. The number of hydrogen-bond acceptors (Lipinski definition) is 6. The first kappa shape index (κ1) is 75.8. The number of rotatable bonds is 63. The maximum atomic E-state index is 12.9. The van der Waals surface area contributed by atoms with Gasteiger partial charge in [-0.15, -0.1) is 0 Å². The number of hydrogen-bond donors (Lipinski definition) is 0. The smallest absolute Gasteiger partial charge is 0.306 e. The van der Waals surface area contributed by atoms with Crippen LogP contribution in [0, 0.1) is 0 Å². The minimum atomic E-state index is -0.788. The number of esters is 3. The van der Waals surface area contributed by atoms with Crippen LogP contribution < -0.4 is 0 Å². The van der Waals surface area contributed by atoms with Gasteiger partial charge in [-0.05, 0) is 116 Å². The molecule has 0 rings (SSSR count). The average Bonchev–Trinajstić information content (AvgIpc) is 3.45. The van der Waals surface area contributed by atoms with Gasteiger partial charge in [0.1, 0.15) is 13.2 Å². The van der Waals surface area contributed by atoms with Gasteiger partial charge in [0.25, 0.3) is 0 Å². The van der Waals surface area contributed by atoms with Crippen molar-refractivity contribution in [1.29, 1.82) is 0 Å². The van der Waals surface area contributed by atoms with Crippen LogP contribution in [0.2, 0.25) is 0 Å². The molecule has 0 amide bonds. The Kier molecular flexibility index (Phi) is 64.7. The van der Waals surface area contributed by atoms with Crippen molar-refractivity contribution in [3.63, 3.8) is 0 Å². The van der Waals surface area contributed by atoms with Gasteiger partial charge in [0, 0.05) is 19.3 Å². The molecule has 0 fully saturated rings. The lowest BCUT2D eigenvalue weighted by Crippen LogP contribution is -2.30. The maximum Gasteiger partial charge on any atom is 0.306 e. The van der Waals surface area contributed by atoms with E-state index in [0.717, 1.165) is 96.3 Å². The van der Waals surface area contributed by atoms with Crippen molar-refractivity contribution in [2.45, 2.75) is 361 Å². The molecule has 0 bridgehead atoms. The van der Waals surface area contributed by atoms with Crippen LogP contribution in [0.25, 0.3) is 0 Å². The van der Waals surface area contributed by atoms with E-state index in [-0.39, 0.29) is 31.1 Å². The highest BCUT2D eigenvalue weighted by Crippen LogP contribution is 2.17. The summed E-state index contributed by atoms with van der Waals surface area (Å²) in [6.45, 7) is 6.62. The average molecular weight is 1100 g/mol. The van der Waals surface area contributed by atoms with Gasteiger partial charge in [-0.1, -0.05) is 293 Å². The van der Waals surface area contributed by atoms with Crippen LogP contribution in [0.5, 0.6) is 0 Å². The van der Waals surface area contributed by atoms with Crippen molar-refractivity contribution in [2.24, 2.45) is 0 Å². The third kappa shape index (κ3) is 65.5. The lowest BCUT2D eigenvalue weighted by atomic mass is 10.0. The second-order valence-corrected chi connectivity index (χ2v) is 23.1. The summed E-state index contributed by atoms with van der Waals surface area (Å²) in [5.41, 5.74) is 0. The van der Waals surface area contributed by atoms with Gasteiger partial charge < -0.3 is 14.2 Å². The number of allylic oxidation sites excluding steroid dienone is 12. The molecule has 1 atom stereocenters. The Labute approximate surface area is 491 Å². The third-order valence-corrected chi connectivity index (χ3v) is 15.2. The summed E-state index contributed by atoms with van der Waals surface area (Å²) >= 11 is 0. The van der Waals surface area contributed by atoms with Gasteiger partial charge in [0.05, 0.1) is 0 Å². The van der Waals surface area contributed by atoms with E-state index in [4.69, 9.17) is 14.2 Å². The van der Waals surface area contributed by atoms with Crippen LogP contribution >= 0.6 is 0 Å². The molecule has 458 valence electrons. The first-order chi connectivity index (χ1) is 39.0. The Morgan fingerprint density at radius 3 is 0.747 bits per heavy atom. The summed E-state index contributed by atoms with van der Waals surface area (Å²) in [5, 5.41) is 0. The highest BCUT2D eigenvalue weighted by Gasteiger charge is 2.19. The Hall–Kier alpha value is -3.15. The zero-order chi connectivity index (χ0) is 57.1. The van der Waals surface area contributed by atoms with E-state index in [1.165, 1.54) is 218 Å². The van der Waals surface area contributed by atoms with E-state index in [1.807, 2.05) is 0 Å². The predicted molar refractivity (Wildman–Crippen MR) is 344 cm³/mol. The van der Waals surface area contributed by atoms with Crippen molar-refractivity contribution in [1.82, 2.24) is 0 Å². The molecule has 0 heterocycles. The first-order valence-electron chi connectivity index (χ1n) is 34.4. The molecule has 0 aromatic rings. The summed E-state index contributed by atoms with van der Waals surface area (Å²) in [4.78, 5) is 38.4. The number of unbranched alkanes of at least 4 members (excludes halogenated alkanes) is 40. The number of ether oxygens (including phenoxy) is 3. The fourth-order valence-electron chi connectivity index (χ4n) is 9.95. The Balaban J connectivity index is 4.34. The Bertz CT molecular complexity index is 1450. The molecule has 0 aromatic heterocycles. The molecule has 0 aliphatic heterocycles.